The summed E-state index contributed by atoms with van der Waals surface area (Å²) in [5.41, 5.74) is 1.77. The maximum atomic E-state index is 13.5. The van der Waals surface area contributed by atoms with Crippen LogP contribution in [0.15, 0.2) is 33.0 Å². The van der Waals surface area contributed by atoms with E-state index in [1.807, 2.05) is 36.1 Å². The lowest BCUT2D eigenvalue weighted by Gasteiger charge is -2.41. The van der Waals surface area contributed by atoms with Gasteiger partial charge in [-0.3, -0.25) is 4.79 Å². The van der Waals surface area contributed by atoms with E-state index in [1.54, 1.807) is 23.1 Å². The second-order valence-corrected chi connectivity index (χ2v) is 10.5. The molecule has 3 heterocycles. The predicted octanol–water partition coefficient (Wildman–Crippen LogP) is 5.54. The third-order valence-corrected chi connectivity index (χ3v) is 8.32. The number of hydrogen-bond acceptors (Lipinski definition) is 6. The molecule has 1 aliphatic carbocycles. The molecule has 1 saturated carbocycles. The second kappa shape index (κ2) is 8.11. The second-order valence-electron chi connectivity index (χ2n) is 8.13. The monoisotopic (exact) mass is 427 g/mol. The van der Waals surface area contributed by atoms with E-state index >= 15 is 0 Å². The van der Waals surface area contributed by atoms with Crippen LogP contribution in [0.1, 0.15) is 53.2 Å². The van der Waals surface area contributed by atoms with Gasteiger partial charge in [-0.1, -0.05) is 60.6 Å². The maximum absolute atomic E-state index is 13.5. The van der Waals surface area contributed by atoms with Crippen molar-refractivity contribution < 1.29 is 9.21 Å². The largest absolute Gasteiger partial charge is 0.451 e. The van der Waals surface area contributed by atoms with Gasteiger partial charge in [-0.25, -0.2) is 0 Å². The normalized spacial score (nSPS) is 22.0. The highest BCUT2D eigenvalue weighted by Gasteiger charge is 2.35. The number of aryl methyl sites for hydroxylation is 1. The van der Waals surface area contributed by atoms with E-state index in [2.05, 4.69) is 10.2 Å². The quantitative estimate of drug-likeness (QED) is 0.512. The summed E-state index contributed by atoms with van der Waals surface area (Å²) >= 11 is 3.21. The van der Waals surface area contributed by atoms with Crippen molar-refractivity contribution in [3.63, 3.8) is 0 Å². The Morgan fingerprint density at radius 1 is 1.21 bits per heavy atom. The SMILES string of the molecule is Cc1nnc(SCc2c(C(=O)N3CC[C@H]4CCCC[C@@H]4C3)oc3ccccc23)s1. The summed E-state index contributed by atoms with van der Waals surface area (Å²) in [7, 11) is 0. The molecule has 2 atom stereocenters. The van der Waals surface area contributed by atoms with Gasteiger partial charge in [0.1, 0.15) is 10.6 Å². The molecule has 5 rings (SSSR count). The molecule has 1 aromatic carbocycles. The molecule has 0 radical (unpaired) electrons. The molecule has 2 aliphatic rings. The van der Waals surface area contributed by atoms with E-state index in [9.17, 15) is 4.79 Å². The first kappa shape index (κ1) is 19.1. The van der Waals surface area contributed by atoms with E-state index < -0.39 is 0 Å². The molecular weight excluding hydrogens is 402 g/mol. The Morgan fingerprint density at radius 2 is 2.03 bits per heavy atom. The van der Waals surface area contributed by atoms with Gasteiger partial charge in [0.2, 0.25) is 0 Å². The zero-order chi connectivity index (χ0) is 19.8. The molecule has 2 aromatic heterocycles. The van der Waals surface area contributed by atoms with Gasteiger partial charge in [-0.15, -0.1) is 10.2 Å². The first-order valence-corrected chi connectivity index (χ1v) is 12.2. The minimum atomic E-state index is 0.0502. The average Bonchev–Trinajstić information content (AvgIpc) is 3.34. The molecule has 152 valence electrons. The van der Waals surface area contributed by atoms with Crippen LogP contribution in [-0.4, -0.2) is 34.1 Å². The summed E-state index contributed by atoms with van der Waals surface area (Å²) in [4.78, 5) is 15.5. The van der Waals surface area contributed by atoms with Crippen LogP contribution in [0, 0.1) is 18.8 Å². The van der Waals surface area contributed by atoms with Crippen LogP contribution in [0.4, 0.5) is 0 Å². The van der Waals surface area contributed by atoms with Gasteiger partial charge in [-0.2, -0.15) is 0 Å². The molecule has 0 spiro atoms. The Labute approximate surface area is 178 Å². The molecule has 0 N–H and O–H groups in total. The molecule has 7 heteroatoms. The maximum Gasteiger partial charge on any atom is 0.289 e. The summed E-state index contributed by atoms with van der Waals surface area (Å²) in [5.74, 6) is 2.68. The number of amides is 1. The Hall–Kier alpha value is -1.86. The van der Waals surface area contributed by atoms with Crippen LogP contribution in [0.25, 0.3) is 11.0 Å². The zero-order valence-electron chi connectivity index (χ0n) is 16.6. The number of piperidine rings is 1. The summed E-state index contributed by atoms with van der Waals surface area (Å²) in [6.45, 7) is 3.68. The summed E-state index contributed by atoms with van der Waals surface area (Å²) in [5, 5.41) is 10.3. The fourth-order valence-corrected chi connectivity index (χ4v) is 6.66. The minimum Gasteiger partial charge on any atom is -0.451 e. The Balaban J connectivity index is 1.41. The van der Waals surface area contributed by atoms with Gasteiger partial charge in [0.05, 0.1) is 0 Å². The number of aromatic nitrogens is 2. The number of benzene rings is 1. The zero-order valence-corrected chi connectivity index (χ0v) is 18.2. The van der Waals surface area contributed by atoms with Gasteiger partial charge >= 0.3 is 0 Å². The molecule has 3 aromatic rings. The first-order valence-electron chi connectivity index (χ1n) is 10.4. The van der Waals surface area contributed by atoms with Crippen molar-refractivity contribution in [3.05, 3.63) is 40.6 Å². The van der Waals surface area contributed by atoms with Crippen LogP contribution in [0.2, 0.25) is 0 Å². The number of nitrogens with zero attached hydrogens (tertiary/aromatic N) is 3. The number of thioether (sulfide) groups is 1. The Morgan fingerprint density at radius 3 is 2.86 bits per heavy atom. The number of carbonyl (C=O) groups excluding carboxylic acids is 1. The van der Waals surface area contributed by atoms with Crippen molar-refractivity contribution in [2.75, 3.05) is 13.1 Å². The highest BCUT2D eigenvalue weighted by atomic mass is 32.2. The van der Waals surface area contributed by atoms with Crippen molar-refractivity contribution in [2.24, 2.45) is 11.8 Å². The van der Waals surface area contributed by atoms with Gasteiger partial charge in [0, 0.05) is 29.8 Å². The fraction of sp³-hybridized carbons (Fsp3) is 0.500. The van der Waals surface area contributed by atoms with Crippen LogP contribution in [-0.2, 0) is 5.75 Å². The molecule has 1 saturated heterocycles. The van der Waals surface area contributed by atoms with Crippen molar-refractivity contribution in [1.29, 1.82) is 0 Å². The number of fused-ring (bicyclic) bond motifs is 2. The molecular formula is C22H25N3O2S2. The van der Waals surface area contributed by atoms with Crippen molar-refractivity contribution >= 4 is 40.0 Å². The highest BCUT2D eigenvalue weighted by molar-refractivity contribution is 8.00. The Bertz CT molecular complexity index is 1030. The predicted molar refractivity (Wildman–Crippen MR) is 116 cm³/mol. The van der Waals surface area contributed by atoms with Gasteiger partial charge in [-0.05, 0) is 37.7 Å². The molecule has 0 bridgehead atoms. The Kier molecular flexibility index (Phi) is 5.35. The van der Waals surface area contributed by atoms with Crippen LogP contribution >= 0.6 is 23.1 Å². The lowest BCUT2D eigenvalue weighted by Crippen LogP contribution is -2.44. The number of para-hydroxylation sites is 1. The molecule has 29 heavy (non-hydrogen) atoms. The van der Waals surface area contributed by atoms with Crippen LogP contribution in [0.3, 0.4) is 0 Å². The lowest BCUT2D eigenvalue weighted by molar-refractivity contribution is 0.0493. The molecule has 0 unspecified atom stereocenters. The van der Waals surface area contributed by atoms with E-state index in [-0.39, 0.29) is 5.91 Å². The van der Waals surface area contributed by atoms with E-state index in [0.29, 0.717) is 17.4 Å². The number of furan rings is 1. The van der Waals surface area contributed by atoms with E-state index in [0.717, 1.165) is 51.3 Å². The van der Waals surface area contributed by atoms with Gasteiger partial charge in [0.25, 0.3) is 5.91 Å². The number of hydrogen-bond donors (Lipinski definition) is 0. The number of rotatable bonds is 4. The van der Waals surface area contributed by atoms with Crippen molar-refractivity contribution in [3.8, 4) is 0 Å². The van der Waals surface area contributed by atoms with E-state index in [4.69, 9.17) is 4.42 Å². The molecule has 2 fully saturated rings. The van der Waals surface area contributed by atoms with Crippen molar-refractivity contribution in [2.45, 2.75) is 49.1 Å². The lowest BCUT2D eigenvalue weighted by atomic mass is 9.75. The van der Waals surface area contributed by atoms with Crippen LogP contribution in [0.5, 0.6) is 0 Å². The number of carbonyl (C=O) groups is 1. The topological polar surface area (TPSA) is 59.2 Å². The average molecular weight is 428 g/mol. The molecule has 1 amide bonds. The number of likely N-dealkylation sites (tertiary alicyclic amines) is 1. The summed E-state index contributed by atoms with van der Waals surface area (Å²) in [6, 6.07) is 7.95. The first-order chi connectivity index (χ1) is 14.2. The smallest absolute Gasteiger partial charge is 0.289 e. The minimum absolute atomic E-state index is 0.0502. The molecule has 1 aliphatic heterocycles. The molecule has 5 nitrogen and oxygen atoms in total. The summed E-state index contributed by atoms with van der Waals surface area (Å²) in [6.07, 6.45) is 6.38. The fourth-order valence-electron chi connectivity index (χ4n) is 4.81. The highest BCUT2D eigenvalue weighted by Crippen LogP contribution is 2.38. The summed E-state index contributed by atoms with van der Waals surface area (Å²) < 4.78 is 7.03. The van der Waals surface area contributed by atoms with Crippen molar-refractivity contribution in [1.82, 2.24) is 15.1 Å². The van der Waals surface area contributed by atoms with E-state index in [1.165, 1.54) is 25.7 Å². The third-order valence-electron chi connectivity index (χ3n) is 6.32. The standard InChI is InChI=1S/C22H25N3O2S2/c1-14-23-24-22(29-14)28-13-18-17-8-4-5-9-19(17)27-20(18)21(26)25-11-10-15-6-2-3-7-16(15)12-25/h4-5,8-9,15-16H,2-3,6-7,10-13H2,1H3/t15-,16-/m1/s1. The van der Waals surface area contributed by atoms with Gasteiger partial charge < -0.3 is 9.32 Å². The van der Waals surface area contributed by atoms with Gasteiger partial charge in [0.15, 0.2) is 10.1 Å². The van der Waals surface area contributed by atoms with Crippen LogP contribution < -0.4 is 0 Å². The third kappa shape index (κ3) is 3.82.